The summed E-state index contributed by atoms with van der Waals surface area (Å²) in [4.78, 5) is 15.0. The summed E-state index contributed by atoms with van der Waals surface area (Å²) < 4.78 is 0. The molecule has 0 unspecified atom stereocenters. The molecule has 0 N–H and O–H groups in total. The highest BCUT2D eigenvalue weighted by molar-refractivity contribution is 6.07. The van der Waals surface area contributed by atoms with E-state index in [1.54, 1.807) is 0 Å². The summed E-state index contributed by atoms with van der Waals surface area (Å²) >= 11 is 0. The largest absolute Gasteiger partial charge is 0.256 e. The molecule has 1 aliphatic carbocycles. The zero-order chi connectivity index (χ0) is 27.6. The smallest absolute Gasteiger partial charge is 0.160 e. The number of pyridine rings is 1. The van der Waals surface area contributed by atoms with Crippen molar-refractivity contribution >= 4 is 21.8 Å². The van der Waals surface area contributed by atoms with Gasteiger partial charge in [0.15, 0.2) is 5.82 Å². The van der Waals surface area contributed by atoms with Gasteiger partial charge in [0.2, 0.25) is 0 Å². The fraction of sp³-hybridized carbons (Fsp3) is 0.0789. The molecule has 0 fully saturated rings. The summed E-state index contributed by atoms with van der Waals surface area (Å²) in [5.74, 6) is 0.716. The monoisotopic (exact) mass is 525 g/mol. The molecular weight excluding hydrogens is 498 g/mol. The summed E-state index contributed by atoms with van der Waals surface area (Å²) in [6.45, 7) is 4.66. The normalized spacial score (nSPS) is 13.3. The van der Waals surface area contributed by atoms with Crippen LogP contribution in [-0.2, 0) is 5.41 Å². The summed E-state index contributed by atoms with van der Waals surface area (Å²) in [5, 5.41) is 2.13. The first-order valence-corrected chi connectivity index (χ1v) is 14.0. The van der Waals surface area contributed by atoms with Gasteiger partial charge in [0, 0.05) is 33.5 Å². The number of nitrogens with zero attached hydrogens (tertiary/aromatic N) is 3. The third-order valence-electron chi connectivity index (χ3n) is 8.55. The number of aromatic nitrogens is 3. The minimum atomic E-state index is -0.0519. The highest BCUT2D eigenvalue weighted by atomic mass is 14.9. The summed E-state index contributed by atoms with van der Waals surface area (Å²) in [5.41, 5.74) is 12.5. The first-order valence-electron chi connectivity index (χ1n) is 14.0. The van der Waals surface area contributed by atoms with Crippen molar-refractivity contribution in [2.45, 2.75) is 19.3 Å². The molecule has 0 saturated carbocycles. The Balaban J connectivity index is 1.34. The van der Waals surface area contributed by atoms with Crippen LogP contribution in [-0.4, -0.2) is 15.0 Å². The van der Waals surface area contributed by atoms with Crippen molar-refractivity contribution in [1.29, 1.82) is 0 Å². The molecule has 3 nitrogen and oxygen atoms in total. The van der Waals surface area contributed by atoms with Gasteiger partial charge in [-0.25, -0.2) is 9.97 Å². The molecule has 2 aromatic heterocycles. The number of fused-ring (bicyclic) bond motifs is 5. The zero-order valence-corrected chi connectivity index (χ0v) is 23.0. The quantitative estimate of drug-likeness (QED) is 0.231. The molecule has 0 spiro atoms. The Hall–Kier alpha value is -5.15. The van der Waals surface area contributed by atoms with Gasteiger partial charge in [-0.05, 0) is 57.6 Å². The van der Waals surface area contributed by atoms with Gasteiger partial charge in [-0.2, -0.15) is 0 Å². The van der Waals surface area contributed by atoms with E-state index in [4.69, 9.17) is 15.0 Å². The lowest BCUT2D eigenvalue weighted by Gasteiger charge is -2.22. The Morgan fingerprint density at radius 3 is 2.12 bits per heavy atom. The van der Waals surface area contributed by atoms with Gasteiger partial charge in [-0.3, -0.25) is 4.98 Å². The van der Waals surface area contributed by atoms with Crippen LogP contribution in [0.2, 0.25) is 0 Å². The molecule has 41 heavy (non-hydrogen) atoms. The van der Waals surface area contributed by atoms with Crippen LogP contribution in [0.3, 0.4) is 0 Å². The molecule has 7 aromatic rings. The van der Waals surface area contributed by atoms with Crippen LogP contribution in [0.1, 0.15) is 25.0 Å². The molecule has 5 aromatic carbocycles. The molecule has 8 rings (SSSR count). The predicted molar refractivity (Wildman–Crippen MR) is 169 cm³/mol. The number of rotatable bonds is 3. The Morgan fingerprint density at radius 2 is 1.22 bits per heavy atom. The van der Waals surface area contributed by atoms with Crippen molar-refractivity contribution in [3.8, 4) is 44.9 Å². The predicted octanol–water partition coefficient (Wildman–Crippen LogP) is 9.49. The van der Waals surface area contributed by atoms with Crippen molar-refractivity contribution in [2.75, 3.05) is 0 Å². The lowest BCUT2D eigenvalue weighted by atomic mass is 9.81. The number of hydrogen-bond acceptors (Lipinski definition) is 3. The highest BCUT2D eigenvalue weighted by Gasteiger charge is 2.35. The van der Waals surface area contributed by atoms with Crippen molar-refractivity contribution in [1.82, 2.24) is 15.0 Å². The van der Waals surface area contributed by atoms with Crippen LogP contribution in [0.5, 0.6) is 0 Å². The van der Waals surface area contributed by atoms with E-state index in [1.807, 2.05) is 42.6 Å². The number of hydrogen-bond donors (Lipinski definition) is 0. The summed E-state index contributed by atoms with van der Waals surface area (Å²) in [6, 6.07) is 42.7. The minimum absolute atomic E-state index is 0.0519. The third kappa shape index (κ3) is 3.63. The first kappa shape index (κ1) is 23.7. The summed E-state index contributed by atoms with van der Waals surface area (Å²) in [6.07, 6.45) is 1.87. The van der Waals surface area contributed by atoms with Gasteiger partial charge in [0.05, 0.1) is 16.7 Å². The maximum absolute atomic E-state index is 5.13. The van der Waals surface area contributed by atoms with E-state index >= 15 is 0 Å². The van der Waals surface area contributed by atoms with E-state index in [1.165, 1.54) is 33.4 Å². The van der Waals surface area contributed by atoms with Gasteiger partial charge < -0.3 is 0 Å². The van der Waals surface area contributed by atoms with E-state index in [9.17, 15) is 0 Å². The fourth-order valence-corrected chi connectivity index (χ4v) is 6.49. The van der Waals surface area contributed by atoms with Gasteiger partial charge in [0.1, 0.15) is 0 Å². The Bertz CT molecular complexity index is 2130. The number of benzene rings is 5. The maximum atomic E-state index is 5.13. The lowest BCUT2D eigenvalue weighted by Crippen LogP contribution is -2.14. The van der Waals surface area contributed by atoms with Crippen LogP contribution in [0.15, 0.2) is 128 Å². The van der Waals surface area contributed by atoms with Crippen LogP contribution in [0, 0.1) is 0 Å². The molecule has 0 radical (unpaired) electrons. The SMILES string of the molecule is CC1(C)c2ccccc2-c2ccc(-c3ccc(-c4nc(-c5ccccc5)nc5ccccc45)c4ncccc34)cc21. The average Bonchev–Trinajstić information content (AvgIpc) is 3.26. The Kier molecular flexibility index (Phi) is 5.17. The standard InChI is InChI=1S/C38H27N3/c1-38(2)32-16-8-6-13-27(32)28-19-18-25(23-33(28)38)26-20-21-31(35-29(26)15-10-22-39-35)36-30-14-7-9-17-34(30)40-37(41-36)24-11-4-3-5-12-24/h3-23H,1-2H3. The van der Waals surface area contributed by atoms with Crippen LogP contribution in [0.25, 0.3) is 66.7 Å². The van der Waals surface area contributed by atoms with E-state index in [-0.39, 0.29) is 5.41 Å². The van der Waals surface area contributed by atoms with Gasteiger partial charge in [0.25, 0.3) is 0 Å². The maximum Gasteiger partial charge on any atom is 0.160 e. The van der Waals surface area contributed by atoms with Crippen molar-refractivity contribution in [2.24, 2.45) is 0 Å². The Labute approximate surface area is 239 Å². The second-order valence-corrected chi connectivity index (χ2v) is 11.3. The average molecular weight is 526 g/mol. The molecule has 0 amide bonds. The third-order valence-corrected chi connectivity index (χ3v) is 8.55. The molecule has 0 saturated heterocycles. The van der Waals surface area contributed by atoms with Crippen molar-refractivity contribution in [3.63, 3.8) is 0 Å². The second kappa shape index (κ2) is 8.94. The molecule has 0 atom stereocenters. The van der Waals surface area contributed by atoms with Crippen molar-refractivity contribution < 1.29 is 0 Å². The van der Waals surface area contributed by atoms with Crippen LogP contribution in [0.4, 0.5) is 0 Å². The van der Waals surface area contributed by atoms with E-state index in [0.29, 0.717) is 5.82 Å². The first-order chi connectivity index (χ1) is 20.1. The van der Waals surface area contributed by atoms with Crippen LogP contribution < -0.4 is 0 Å². The van der Waals surface area contributed by atoms with Gasteiger partial charge >= 0.3 is 0 Å². The van der Waals surface area contributed by atoms with E-state index in [0.717, 1.165) is 38.6 Å². The molecule has 0 aliphatic heterocycles. The Morgan fingerprint density at radius 1 is 0.512 bits per heavy atom. The fourth-order valence-electron chi connectivity index (χ4n) is 6.49. The highest BCUT2D eigenvalue weighted by Crippen LogP contribution is 2.50. The lowest BCUT2D eigenvalue weighted by molar-refractivity contribution is 0.660. The molecule has 0 bridgehead atoms. The summed E-state index contributed by atoms with van der Waals surface area (Å²) in [7, 11) is 0. The zero-order valence-electron chi connectivity index (χ0n) is 23.0. The molecule has 1 aliphatic rings. The molecular formula is C38H27N3. The van der Waals surface area contributed by atoms with Gasteiger partial charge in [-0.15, -0.1) is 0 Å². The van der Waals surface area contributed by atoms with Crippen molar-refractivity contribution in [3.05, 3.63) is 139 Å². The second-order valence-electron chi connectivity index (χ2n) is 11.3. The topological polar surface area (TPSA) is 38.7 Å². The molecule has 194 valence electrons. The van der Waals surface area contributed by atoms with E-state index in [2.05, 4.69) is 98.8 Å². The number of para-hydroxylation sites is 1. The molecule has 3 heteroatoms. The molecule has 2 heterocycles. The van der Waals surface area contributed by atoms with Crippen LogP contribution >= 0.6 is 0 Å². The van der Waals surface area contributed by atoms with E-state index < -0.39 is 0 Å². The minimum Gasteiger partial charge on any atom is -0.256 e. The van der Waals surface area contributed by atoms with Gasteiger partial charge in [-0.1, -0.05) is 111 Å².